The number of rotatable bonds is 5. The van der Waals surface area contributed by atoms with Gasteiger partial charge >= 0.3 is 0 Å². The van der Waals surface area contributed by atoms with Gasteiger partial charge in [-0.2, -0.15) is 0 Å². The quantitative estimate of drug-likeness (QED) is 0.921. The summed E-state index contributed by atoms with van der Waals surface area (Å²) < 4.78 is 23.3. The first kappa shape index (κ1) is 14.0. The maximum Gasteiger partial charge on any atom is 0.178 e. The van der Waals surface area contributed by atoms with Crippen molar-refractivity contribution in [1.82, 2.24) is 4.98 Å². The Balaban J connectivity index is 2.06. The molecule has 0 saturated heterocycles. The largest absolute Gasteiger partial charge is 0.380 e. The van der Waals surface area contributed by atoms with Gasteiger partial charge < -0.3 is 5.32 Å². The number of hydrogen-bond donors (Lipinski definition) is 1. The van der Waals surface area contributed by atoms with Crippen LogP contribution in [-0.4, -0.2) is 19.2 Å². The van der Waals surface area contributed by atoms with Gasteiger partial charge in [-0.25, -0.2) is 13.4 Å². The van der Waals surface area contributed by atoms with E-state index in [1.807, 2.05) is 12.4 Å². The first-order valence-electron chi connectivity index (χ1n) is 5.98. The van der Waals surface area contributed by atoms with Crippen molar-refractivity contribution in [3.05, 3.63) is 40.3 Å². The molecule has 0 atom stereocenters. The molecule has 0 bridgehead atoms. The van der Waals surface area contributed by atoms with Crippen LogP contribution >= 0.6 is 11.3 Å². The number of sulfone groups is 1. The maximum absolute atomic E-state index is 11.7. The molecule has 0 unspecified atom stereocenters. The van der Waals surface area contributed by atoms with E-state index in [0.29, 0.717) is 11.4 Å². The minimum atomic E-state index is -3.12. The van der Waals surface area contributed by atoms with E-state index in [1.54, 1.807) is 42.5 Å². The van der Waals surface area contributed by atoms with E-state index in [0.717, 1.165) is 11.4 Å². The van der Waals surface area contributed by atoms with Crippen LogP contribution in [0, 0.1) is 6.92 Å². The molecule has 0 spiro atoms. The standard InChI is InChI=1S/C13H16N2O2S2/c1-3-19(16,17)12-6-4-11(5-7-12)14-8-13-10(2)15-9-18-13/h4-7,9,14H,3,8H2,1-2H3. The molecule has 2 aromatic rings. The van der Waals surface area contributed by atoms with Gasteiger partial charge in [0, 0.05) is 10.6 Å². The van der Waals surface area contributed by atoms with E-state index in [1.165, 1.54) is 4.88 Å². The lowest BCUT2D eigenvalue weighted by Crippen LogP contribution is -2.04. The van der Waals surface area contributed by atoms with Gasteiger partial charge in [-0.05, 0) is 31.2 Å². The van der Waals surface area contributed by atoms with Crippen molar-refractivity contribution in [1.29, 1.82) is 0 Å². The summed E-state index contributed by atoms with van der Waals surface area (Å²) in [6.07, 6.45) is 0. The summed E-state index contributed by atoms with van der Waals surface area (Å²) in [5, 5.41) is 3.26. The second kappa shape index (κ2) is 5.71. The Bertz CT molecular complexity index is 646. The highest BCUT2D eigenvalue weighted by Crippen LogP contribution is 2.18. The van der Waals surface area contributed by atoms with E-state index < -0.39 is 9.84 Å². The fraction of sp³-hybridized carbons (Fsp3) is 0.308. The number of anilines is 1. The van der Waals surface area contributed by atoms with Crippen molar-refractivity contribution < 1.29 is 8.42 Å². The Kier molecular flexibility index (Phi) is 4.21. The minimum absolute atomic E-state index is 0.125. The molecule has 0 aliphatic rings. The highest BCUT2D eigenvalue weighted by molar-refractivity contribution is 7.91. The topological polar surface area (TPSA) is 59.1 Å². The molecule has 6 heteroatoms. The molecule has 102 valence electrons. The van der Waals surface area contributed by atoms with Gasteiger partial charge in [0.1, 0.15) is 0 Å². The van der Waals surface area contributed by atoms with Crippen LogP contribution in [0.5, 0.6) is 0 Å². The normalized spacial score (nSPS) is 11.5. The lowest BCUT2D eigenvalue weighted by Gasteiger charge is -2.07. The van der Waals surface area contributed by atoms with Crippen LogP contribution in [0.15, 0.2) is 34.7 Å². The van der Waals surface area contributed by atoms with Crippen LogP contribution in [0.3, 0.4) is 0 Å². The zero-order chi connectivity index (χ0) is 13.9. The zero-order valence-corrected chi connectivity index (χ0v) is 12.5. The van der Waals surface area contributed by atoms with Crippen molar-refractivity contribution >= 4 is 26.9 Å². The summed E-state index contributed by atoms with van der Waals surface area (Å²) in [5.41, 5.74) is 3.76. The first-order chi connectivity index (χ1) is 9.03. The predicted molar refractivity (Wildman–Crippen MR) is 78.3 cm³/mol. The summed E-state index contributed by atoms with van der Waals surface area (Å²) in [6.45, 7) is 4.33. The number of aromatic nitrogens is 1. The highest BCUT2D eigenvalue weighted by Gasteiger charge is 2.10. The van der Waals surface area contributed by atoms with Gasteiger partial charge in [-0.3, -0.25) is 0 Å². The van der Waals surface area contributed by atoms with Crippen LogP contribution in [0.2, 0.25) is 0 Å². The van der Waals surface area contributed by atoms with Crippen LogP contribution in [0.1, 0.15) is 17.5 Å². The molecule has 0 radical (unpaired) electrons. The number of nitrogens with one attached hydrogen (secondary N) is 1. The molecule has 1 N–H and O–H groups in total. The Hall–Kier alpha value is -1.40. The molecule has 2 rings (SSSR count). The van der Waals surface area contributed by atoms with Crippen LogP contribution in [-0.2, 0) is 16.4 Å². The van der Waals surface area contributed by atoms with Gasteiger partial charge in [-0.15, -0.1) is 11.3 Å². The molecule has 1 heterocycles. The van der Waals surface area contributed by atoms with Crippen molar-refractivity contribution in [2.75, 3.05) is 11.1 Å². The fourth-order valence-electron chi connectivity index (χ4n) is 1.63. The van der Waals surface area contributed by atoms with Crippen molar-refractivity contribution in [3.63, 3.8) is 0 Å². The molecule has 0 fully saturated rings. The highest BCUT2D eigenvalue weighted by atomic mass is 32.2. The van der Waals surface area contributed by atoms with Crippen molar-refractivity contribution in [2.24, 2.45) is 0 Å². The minimum Gasteiger partial charge on any atom is -0.380 e. The molecule has 0 saturated carbocycles. The monoisotopic (exact) mass is 296 g/mol. The molecule has 1 aromatic carbocycles. The smallest absolute Gasteiger partial charge is 0.178 e. The molecule has 1 aromatic heterocycles. The molecule has 0 amide bonds. The van der Waals surface area contributed by atoms with E-state index in [2.05, 4.69) is 10.3 Å². The summed E-state index contributed by atoms with van der Waals surface area (Å²) in [5.74, 6) is 0.125. The number of thiazole rings is 1. The Morgan fingerprint density at radius 3 is 2.47 bits per heavy atom. The number of hydrogen-bond acceptors (Lipinski definition) is 5. The second-order valence-corrected chi connectivity index (χ2v) is 7.36. The Morgan fingerprint density at radius 2 is 1.95 bits per heavy atom. The number of nitrogens with zero attached hydrogens (tertiary/aromatic N) is 1. The Morgan fingerprint density at radius 1 is 1.26 bits per heavy atom. The third-order valence-electron chi connectivity index (χ3n) is 2.89. The van der Waals surface area contributed by atoms with E-state index in [-0.39, 0.29) is 5.75 Å². The van der Waals surface area contributed by atoms with Crippen LogP contribution < -0.4 is 5.32 Å². The third kappa shape index (κ3) is 3.33. The fourth-order valence-corrected chi connectivity index (χ4v) is 3.23. The Labute approximate surface area is 117 Å². The zero-order valence-electron chi connectivity index (χ0n) is 10.9. The lowest BCUT2D eigenvalue weighted by atomic mass is 10.3. The molecule has 19 heavy (non-hydrogen) atoms. The number of benzene rings is 1. The van der Waals surface area contributed by atoms with Crippen LogP contribution in [0.25, 0.3) is 0 Å². The first-order valence-corrected chi connectivity index (χ1v) is 8.52. The van der Waals surface area contributed by atoms with Gasteiger partial charge in [-0.1, -0.05) is 6.92 Å². The summed E-state index contributed by atoms with van der Waals surface area (Å²) in [6, 6.07) is 6.86. The molecule has 0 aliphatic heterocycles. The average molecular weight is 296 g/mol. The summed E-state index contributed by atoms with van der Waals surface area (Å²) >= 11 is 1.61. The second-order valence-electron chi connectivity index (χ2n) is 4.14. The van der Waals surface area contributed by atoms with E-state index in [9.17, 15) is 8.42 Å². The molecular formula is C13H16N2O2S2. The molecule has 0 aliphatic carbocycles. The van der Waals surface area contributed by atoms with Gasteiger partial charge in [0.25, 0.3) is 0 Å². The summed E-state index contributed by atoms with van der Waals surface area (Å²) in [4.78, 5) is 5.74. The third-order valence-corrected chi connectivity index (χ3v) is 5.58. The van der Waals surface area contributed by atoms with E-state index in [4.69, 9.17) is 0 Å². The van der Waals surface area contributed by atoms with Crippen molar-refractivity contribution in [3.8, 4) is 0 Å². The van der Waals surface area contributed by atoms with Gasteiger partial charge in [0.2, 0.25) is 0 Å². The van der Waals surface area contributed by atoms with Crippen LogP contribution in [0.4, 0.5) is 5.69 Å². The SMILES string of the molecule is CCS(=O)(=O)c1ccc(NCc2scnc2C)cc1. The maximum atomic E-state index is 11.7. The molecule has 4 nitrogen and oxygen atoms in total. The average Bonchev–Trinajstić information content (AvgIpc) is 2.82. The van der Waals surface area contributed by atoms with E-state index >= 15 is 0 Å². The van der Waals surface area contributed by atoms with Crippen molar-refractivity contribution in [2.45, 2.75) is 25.3 Å². The van der Waals surface area contributed by atoms with Gasteiger partial charge in [0.05, 0.1) is 28.4 Å². The molecular weight excluding hydrogens is 280 g/mol. The lowest BCUT2D eigenvalue weighted by molar-refractivity contribution is 0.597. The number of aryl methyl sites for hydroxylation is 1. The predicted octanol–water partition coefficient (Wildman–Crippen LogP) is 2.86. The summed E-state index contributed by atoms with van der Waals surface area (Å²) in [7, 11) is -3.12. The van der Waals surface area contributed by atoms with Gasteiger partial charge in [0.15, 0.2) is 9.84 Å².